The smallest absolute Gasteiger partial charge is 0.179 e. The van der Waals surface area contributed by atoms with Crippen molar-refractivity contribution in [2.75, 3.05) is 0 Å². The Balaban J connectivity index is 2.89. The predicted molar refractivity (Wildman–Crippen MR) is 107 cm³/mol. The van der Waals surface area contributed by atoms with Crippen molar-refractivity contribution >= 4 is 12.9 Å². The second kappa shape index (κ2) is 6.49. The van der Waals surface area contributed by atoms with Gasteiger partial charge in [0.1, 0.15) is 5.75 Å². The summed E-state index contributed by atoms with van der Waals surface area (Å²) < 4.78 is 4.99. The van der Waals surface area contributed by atoms with Crippen molar-refractivity contribution in [3.05, 3.63) is 41.0 Å². The zero-order valence-corrected chi connectivity index (χ0v) is 17.0. The maximum Gasteiger partial charge on any atom is 0.179 e. The van der Waals surface area contributed by atoms with Crippen molar-refractivity contribution < 1.29 is 14.4 Å². The summed E-state index contributed by atoms with van der Waals surface area (Å²) in [5.41, 5.74) is 3.68. The minimum Gasteiger partial charge on any atom is -0.507 e. The van der Waals surface area contributed by atoms with E-state index in [1.54, 1.807) is 6.07 Å². The van der Waals surface area contributed by atoms with E-state index in [0.717, 1.165) is 16.7 Å². The van der Waals surface area contributed by atoms with Crippen LogP contribution in [0.1, 0.15) is 58.2 Å². The third-order valence-electron chi connectivity index (χ3n) is 4.39. The molecule has 136 valence electrons. The van der Waals surface area contributed by atoms with Gasteiger partial charge in [-0.05, 0) is 47.1 Å². The first kappa shape index (κ1) is 19.5. The highest BCUT2D eigenvalue weighted by Crippen LogP contribution is 2.47. The molecule has 0 radical (unpaired) electrons. The topological polar surface area (TPSA) is 49.7 Å². The first-order valence-corrected chi connectivity index (χ1v) is 8.76. The van der Waals surface area contributed by atoms with E-state index < -0.39 is 0 Å². The molecule has 0 aromatic heterocycles. The number of rotatable bonds is 2. The van der Waals surface area contributed by atoms with Crippen molar-refractivity contribution in [2.24, 2.45) is 0 Å². The van der Waals surface area contributed by atoms with Crippen molar-refractivity contribution in [1.29, 1.82) is 0 Å². The first-order chi connectivity index (χ1) is 11.4. The van der Waals surface area contributed by atoms with Crippen LogP contribution in [0.25, 0.3) is 11.1 Å². The van der Waals surface area contributed by atoms with Crippen molar-refractivity contribution in [3.8, 4) is 28.4 Å². The lowest BCUT2D eigenvalue weighted by Gasteiger charge is -2.28. The molecule has 4 heteroatoms. The van der Waals surface area contributed by atoms with Gasteiger partial charge in [-0.15, -0.1) is 0 Å². The Morgan fingerprint density at radius 3 is 1.84 bits per heavy atom. The predicted octanol–water partition coefficient (Wildman–Crippen LogP) is 5.89. The summed E-state index contributed by atoms with van der Waals surface area (Å²) in [6.07, 6.45) is 0. The standard InChI is InChI=1S/C21H28O3S/c1-12-8-14(19(23)17(9-12)24-25)15-10-13(20(2,3)4)11-16(18(15)22)21(5,6)7/h8-11,22-23,25H,1-7H3. The monoisotopic (exact) mass is 360 g/mol. The summed E-state index contributed by atoms with van der Waals surface area (Å²) in [4.78, 5) is 0. The number of hydrogen-bond acceptors (Lipinski definition) is 4. The Morgan fingerprint density at radius 1 is 0.800 bits per heavy atom. The second-order valence-corrected chi connectivity index (χ2v) is 8.85. The van der Waals surface area contributed by atoms with E-state index in [2.05, 4.69) is 60.5 Å². The quantitative estimate of drug-likeness (QED) is 0.462. The van der Waals surface area contributed by atoms with Crippen LogP contribution in [-0.2, 0) is 10.8 Å². The molecule has 2 aromatic carbocycles. The van der Waals surface area contributed by atoms with Gasteiger partial charge in [-0.3, -0.25) is 0 Å². The summed E-state index contributed by atoms with van der Waals surface area (Å²) in [7, 11) is 0. The van der Waals surface area contributed by atoms with Crippen LogP contribution in [0.3, 0.4) is 0 Å². The van der Waals surface area contributed by atoms with Crippen LogP contribution in [0.15, 0.2) is 24.3 Å². The fourth-order valence-electron chi connectivity index (χ4n) is 2.86. The average molecular weight is 361 g/mol. The van der Waals surface area contributed by atoms with Gasteiger partial charge in [-0.1, -0.05) is 47.6 Å². The van der Waals surface area contributed by atoms with Gasteiger partial charge in [-0.2, -0.15) is 0 Å². The lowest BCUT2D eigenvalue weighted by molar-refractivity contribution is 0.441. The molecule has 0 atom stereocenters. The highest BCUT2D eigenvalue weighted by atomic mass is 32.1. The summed E-state index contributed by atoms with van der Waals surface area (Å²) in [6.45, 7) is 14.5. The summed E-state index contributed by atoms with van der Waals surface area (Å²) in [5.74, 6) is 0.435. The molecular weight excluding hydrogens is 332 g/mol. The number of hydrogen-bond donors (Lipinski definition) is 3. The van der Waals surface area contributed by atoms with Crippen LogP contribution < -0.4 is 4.18 Å². The lowest BCUT2D eigenvalue weighted by Crippen LogP contribution is -2.17. The minimum absolute atomic E-state index is 0.0261. The van der Waals surface area contributed by atoms with Gasteiger partial charge in [0.15, 0.2) is 11.5 Å². The molecular formula is C21H28O3S. The molecule has 0 bridgehead atoms. The number of phenols is 2. The molecule has 3 nitrogen and oxygen atoms in total. The zero-order valence-electron chi connectivity index (χ0n) is 16.1. The molecule has 0 saturated heterocycles. The van der Waals surface area contributed by atoms with Crippen LogP contribution in [0.4, 0.5) is 0 Å². The van der Waals surface area contributed by atoms with E-state index in [1.807, 2.05) is 19.1 Å². The van der Waals surface area contributed by atoms with Gasteiger partial charge in [-0.25, -0.2) is 0 Å². The molecule has 0 unspecified atom stereocenters. The van der Waals surface area contributed by atoms with E-state index in [0.29, 0.717) is 11.1 Å². The highest BCUT2D eigenvalue weighted by molar-refractivity contribution is 7.75. The van der Waals surface area contributed by atoms with Crippen LogP contribution in [-0.4, -0.2) is 10.2 Å². The van der Waals surface area contributed by atoms with E-state index >= 15 is 0 Å². The van der Waals surface area contributed by atoms with E-state index in [-0.39, 0.29) is 28.1 Å². The molecule has 2 aromatic rings. The molecule has 0 aliphatic rings. The third-order valence-corrected chi connectivity index (χ3v) is 4.59. The fourth-order valence-corrected chi connectivity index (χ4v) is 3.00. The largest absolute Gasteiger partial charge is 0.507 e. The van der Waals surface area contributed by atoms with Crippen LogP contribution >= 0.6 is 12.9 Å². The number of phenolic OH excluding ortho intramolecular Hbond substituents is 2. The Hall–Kier alpha value is -1.81. The number of benzene rings is 2. The third kappa shape index (κ3) is 3.90. The molecule has 0 fully saturated rings. The SMILES string of the molecule is Cc1cc(OS)c(O)c(-c2cc(C(C)(C)C)cc(C(C)(C)C)c2O)c1. The van der Waals surface area contributed by atoms with E-state index in [9.17, 15) is 10.2 Å². The number of aromatic hydroxyl groups is 2. The minimum atomic E-state index is -0.234. The lowest BCUT2D eigenvalue weighted by atomic mass is 9.78. The van der Waals surface area contributed by atoms with Gasteiger partial charge >= 0.3 is 0 Å². The maximum absolute atomic E-state index is 11.0. The zero-order chi connectivity index (χ0) is 19.2. The Morgan fingerprint density at radius 2 is 1.36 bits per heavy atom. The number of aryl methyl sites for hydroxylation is 1. The van der Waals surface area contributed by atoms with Crippen LogP contribution in [0.5, 0.6) is 17.2 Å². The van der Waals surface area contributed by atoms with Gasteiger partial charge in [0.2, 0.25) is 0 Å². The summed E-state index contributed by atoms with van der Waals surface area (Å²) in [6, 6.07) is 7.56. The van der Waals surface area contributed by atoms with Gasteiger partial charge in [0.25, 0.3) is 0 Å². The molecule has 2 rings (SSSR count). The molecule has 0 amide bonds. The average Bonchev–Trinajstić information content (AvgIpc) is 2.47. The molecule has 0 spiro atoms. The molecule has 0 aliphatic carbocycles. The first-order valence-electron chi connectivity index (χ1n) is 8.39. The van der Waals surface area contributed by atoms with Gasteiger partial charge < -0.3 is 14.4 Å². The van der Waals surface area contributed by atoms with Crippen molar-refractivity contribution in [1.82, 2.24) is 0 Å². The van der Waals surface area contributed by atoms with E-state index in [1.165, 1.54) is 0 Å². The highest BCUT2D eigenvalue weighted by Gasteiger charge is 2.27. The normalized spacial score (nSPS) is 12.3. The second-order valence-electron chi connectivity index (χ2n) is 8.67. The Kier molecular flexibility index (Phi) is 5.06. The Bertz CT molecular complexity index is 796. The molecule has 0 saturated carbocycles. The van der Waals surface area contributed by atoms with Crippen LogP contribution in [0, 0.1) is 6.92 Å². The van der Waals surface area contributed by atoms with Crippen LogP contribution in [0.2, 0.25) is 0 Å². The molecule has 0 heterocycles. The summed E-state index contributed by atoms with van der Waals surface area (Å²) >= 11 is 3.82. The van der Waals surface area contributed by atoms with E-state index in [4.69, 9.17) is 4.18 Å². The Labute approximate surface area is 156 Å². The molecule has 2 N–H and O–H groups in total. The fraction of sp³-hybridized carbons (Fsp3) is 0.429. The van der Waals surface area contributed by atoms with Crippen molar-refractivity contribution in [2.45, 2.75) is 59.3 Å². The summed E-state index contributed by atoms with van der Waals surface area (Å²) in [5, 5.41) is 21.6. The van der Waals surface area contributed by atoms with Gasteiger partial charge in [0, 0.05) is 29.6 Å². The van der Waals surface area contributed by atoms with Gasteiger partial charge in [0.05, 0.1) is 0 Å². The maximum atomic E-state index is 11.0. The van der Waals surface area contributed by atoms with Crippen molar-refractivity contribution in [3.63, 3.8) is 0 Å². The molecule has 0 aliphatic heterocycles. The molecule has 25 heavy (non-hydrogen) atoms. The number of thiol groups is 1.